The number of carbonyl (C=O) groups is 2. The van der Waals surface area contributed by atoms with Crippen molar-refractivity contribution < 1.29 is 18.4 Å². The van der Waals surface area contributed by atoms with Gasteiger partial charge >= 0.3 is 0 Å². The van der Waals surface area contributed by atoms with Gasteiger partial charge in [-0.1, -0.05) is 19.3 Å². The fraction of sp³-hybridized carbons (Fsp3) is 0.474. The molecular formula is C19H26N2O4. The van der Waals surface area contributed by atoms with Gasteiger partial charge in [0.2, 0.25) is 0 Å². The third-order valence-corrected chi connectivity index (χ3v) is 4.13. The fourth-order valence-electron chi connectivity index (χ4n) is 2.62. The summed E-state index contributed by atoms with van der Waals surface area (Å²) >= 11 is 0. The number of carbonyl (C=O) groups excluding carboxylic acids is 2. The Bertz CT molecular complexity index is 629. The summed E-state index contributed by atoms with van der Waals surface area (Å²) in [6, 6.07) is 3.37. The summed E-state index contributed by atoms with van der Waals surface area (Å²) in [4.78, 5) is 23.7. The van der Waals surface area contributed by atoms with Crippen molar-refractivity contribution in [2.75, 3.05) is 13.1 Å². The Kier molecular flexibility index (Phi) is 7.32. The number of hydrogen-bond acceptors (Lipinski definition) is 4. The van der Waals surface area contributed by atoms with Crippen molar-refractivity contribution in [2.24, 2.45) is 0 Å². The molecule has 0 saturated carbocycles. The smallest absolute Gasteiger partial charge is 0.254 e. The highest BCUT2D eigenvalue weighted by atomic mass is 16.3. The molecule has 0 spiro atoms. The third-order valence-electron chi connectivity index (χ3n) is 4.13. The van der Waals surface area contributed by atoms with Gasteiger partial charge in [0.25, 0.3) is 11.8 Å². The van der Waals surface area contributed by atoms with E-state index in [2.05, 4.69) is 10.6 Å². The minimum atomic E-state index is -0.0801. The molecule has 0 aliphatic carbocycles. The number of aryl methyl sites for hydroxylation is 2. The van der Waals surface area contributed by atoms with E-state index in [4.69, 9.17) is 8.83 Å². The zero-order valence-corrected chi connectivity index (χ0v) is 14.9. The highest BCUT2D eigenvalue weighted by Crippen LogP contribution is 2.09. The van der Waals surface area contributed by atoms with Crippen LogP contribution < -0.4 is 10.6 Å². The van der Waals surface area contributed by atoms with Gasteiger partial charge in [0.1, 0.15) is 11.5 Å². The number of amides is 2. The van der Waals surface area contributed by atoms with Crippen LogP contribution >= 0.6 is 0 Å². The summed E-state index contributed by atoms with van der Waals surface area (Å²) in [7, 11) is 0. The molecule has 25 heavy (non-hydrogen) atoms. The molecule has 0 aliphatic rings. The van der Waals surface area contributed by atoms with Crippen molar-refractivity contribution in [2.45, 2.75) is 46.0 Å². The molecule has 0 radical (unpaired) electrons. The average Bonchev–Trinajstić information content (AvgIpc) is 3.21. The summed E-state index contributed by atoms with van der Waals surface area (Å²) in [6.07, 6.45) is 8.14. The first-order chi connectivity index (χ1) is 12.1. The zero-order valence-electron chi connectivity index (χ0n) is 14.9. The van der Waals surface area contributed by atoms with Crippen molar-refractivity contribution in [3.05, 3.63) is 47.3 Å². The van der Waals surface area contributed by atoms with Gasteiger partial charge in [0, 0.05) is 13.1 Å². The number of furan rings is 2. The van der Waals surface area contributed by atoms with Gasteiger partial charge in [0.05, 0.1) is 23.7 Å². The second-order valence-corrected chi connectivity index (χ2v) is 6.06. The summed E-state index contributed by atoms with van der Waals surface area (Å²) in [5, 5.41) is 5.80. The van der Waals surface area contributed by atoms with E-state index in [9.17, 15) is 9.59 Å². The second-order valence-electron chi connectivity index (χ2n) is 6.06. The Balaban J connectivity index is 1.46. The lowest BCUT2D eigenvalue weighted by Crippen LogP contribution is -2.25. The van der Waals surface area contributed by atoms with Crippen LogP contribution in [0.25, 0.3) is 0 Å². The highest BCUT2D eigenvalue weighted by molar-refractivity contribution is 5.95. The molecule has 2 N–H and O–H groups in total. The first kappa shape index (κ1) is 18.8. The zero-order chi connectivity index (χ0) is 18.1. The molecule has 2 amide bonds. The Labute approximate surface area is 148 Å². The van der Waals surface area contributed by atoms with Crippen LogP contribution in [0, 0.1) is 13.8 Å². The Morgan fingerprint density at radius 3 is 1.52 bits per heavy atom. The Morgan fingerprint density at radius 2 is 1.16 bits per heavy atom. The molecule has 0 atom stereocenters. The van der Waals surface area contributed by atoms with E-state index in [0.29, 0.717) is 35.7 Å². The van der Waals surface area contributed by atoms with Crippen molar-refractivity contribution >= 4 is 11.8 Å². The van der Waals surface area contributed by atoms with Crippen LogP contribution in [-0.4, -0.2) is 24.9 Å². The fourth-order valence-corrected chi connectivity index (χ4v) is 2.62. The van der Waals surface area contributed by atoms with Crippen LogP contribution in [0.3, 0.4) is 0 Å². The lowest BCUT2D eigenvalue weighted by Gasteiger charge is -2.06. The monoisotopic (exact) mass is 346 g/mol. The van der Waals surface area contributed by atoms with E-state index in [0.717, 1.165) is 32.1 Å². The molecule has 6 heteroatoms. The van der Waals surface area contributed by atoms with E-state index in [1.54, 1.807) is 26.0 Å². The predicted molar refractivity (Wildman–Crippen MR) is 94.6 cm³/mol. The topological polar surface area (TPSA) is 84.5 Å². The normalized spacial score (nSPS) is 10.6. The highest BCUT2D eigenvalue weighted by Gasteiger charge is 2.11. The van der Waals surface area contributed by atoms with Crippen molar-refractivity contribution in [3.63, 3.8) is 0 Å². The SMILES string of the molecule is Cc1occc1C(=O)NCCCCCCCNC(=O)c1ccoc1C. The van der Waals surface area contributed by atoms with E-state index in [1.165, 1.54) is 12.5 Å². The first-order valence-corrected chi connectivity index (χ1v) is 8.74. The predicted octanol–water partition coefficient (Wildman–Crippen LogP) is 3.60. The van der Waals surface area contributed by atoms with Gasteiger partial charge in [-0.15, -0.1) is 0 Å². The van der Waals surface area contributed by atoms with Crippen molar-refractivity contribution in [1.29, 1.82) is 0 Å². The summed E-state index contributed by atoms with van der Waals surface area (Å²) in [5.74, 6) is 1.13. The van der Waals surface area contributed by atoms with Gasteiger partial charge in [-0.05, 0) is 38.8 Å². The molecule has 0 fully saturated rings. The minimum Gasteiger partial charge on any atom is -0.469 e. The maximum absolute atomic E-state index is 11.9. The van der Waals surface area contributed by atoms with Crippen molar-refractivity contribution in [3.8, 4) is 0 Å². The molecule has 0 unspecified atom stereocenters. The lowest BCUT2D eigenvalue weighted by molar-refractivity contribution is 0.0943. The van der Waals surface area contributed by atoms with Gasteiger partial charge in [0.15, 0.2) is 0 Å². The van der Waals surface area contributed by atoms with E-state index < -0.39 is 0 Å². The van der Waals surface area contributed by atoms with Crippen LogP contribution in [0.2, 0.25) is 0 Å². The van der Waals surface area contributed by atoms with Crippen molar-refractivity contribution in [1.82, 2.24) is 10.6 Å². The minimum absolute atomic E-state index is 0.0801. The first-order valence-electron chi connectivity index (χ1n) is 8.74. The summed E-state index contributed by atoms with van der Waals surface area (Å²) in [6.45, 7) is 4.89. The molecule has 2 aromatic rings. The quantitative estimate of drug-likeness (QED) is 0.644. The Hall–Kier alpha value is -2.50. The largest absolute Gasteiger partial charge is 0.469 e. The van der Waals surface area contributed by atoms with Crippen LogP contribution in [0.5, 0.6) is 0 Å². The van der Waals surface area contributed by atoms with Gasteiger partial charge in [-0.25, -0.2) is 0 Å². The number of rotatable bonds is 10. The summed E-state index contributed by atoms with van der Waals surface area (Å²) in [5.41, 5.74) is 1.20. The van der Waals surface area contributed by atoms with Crippen LogP contribution in [0.4, 0.5) is 0 Å². The standard InChI is InChI=1S/C19H26N2O4/c1-14-16(8-12-24-14)18(22)20-10-6-4-3-5-7-11-21-19(23)17-9-13-25-15(17)2/h8-9,12-13H,3-7,10-11H2,1-2H3,(H,20,22)(H,21,23). The molecule has 2 aromatic heterocycles. The molecule has 136 valence electrons. The molecule has 0 aromatic carbocycles. The third kappa shape index (κ3) is 5.81. The van der Waals surface area contributed by atoms with Gasteiger partial charge in [-0.2, -0.15) is 0 Å². The van der Waals surface area contributed by atoms with Gasteiger partial charge in [-0.3, -0.25) is 9.59 Å². The molecule has 6 nitrogen and oxygen atoms in total. The molecule has 0 bridgehead atoms. The van der Waals surface area contributed by atoms with Gasteiger partial charge < -0.3 is 19.5 Å². The maximum Gasteiger partial charge on any atom is 0.254 e. The van der Waals surface area contributed by atoms with E-state index in [1.807, 2.05) is 0 Å². The number of nitrogens with one attached hydrogen (secondary N) is 2. The maximum atomic E-state index is 11.9. The molecule has 0 saturated heterocycles. The van der Waals surface area contributed by atoms with E-state index in [-0.39, 0.29) is 11.8 Å². The van der Waals surface area contributed by atoms with Crippen LogP contribution in [-0.2, 0) is 0 Å². The average molecular weight is 346 g/mol. The molecule has 2 heterocycles. The number of hydrogen-bond donors (Lipinski definition) is 2. The molecular weight excluding hydrogens is 320 g/mol. The number of unbranched alkanes of at least 4 members (excludes halogenated alkanes) is 4. The molecule has 2 rings (SSSR count). The van der Waals surface area contributed by atoms with E-state index >= 15 is 0 Å². The van der Waals surface area contributed by atoms with Crippen LogP contribution in [0.1, 0.15) is 64.3 Å². The summed E-state index contributed by atoms with van der Waals surface area (Å²) < 4.78 is 10.2. The molecule has 0 aliphatic heterocycles. The Morgan fingerprint density at radius 1 is 0.760 bits per heavy atom. The lowest BCUT2D eigenvalue weighted by atomic mass is 10.1. The van der Waals surface area contributed by atoms with Crippen LogP contribution in [0.15, 0.2) is 33.5 Å². The second kappa shape index (κ2) is 9.71.